The third kappa shape index (κ3) is 2.53. The second-order valence-electron chi connectivity index (χ2n) is 5.65. The van der Waals surface area contributed by atoms with Gasteiger partial charge in [-0.05, 0) is 31.2 Å². The van der Waals surface area contributed by atoms with Gasteiger partial charge in [-0.3, -0.25) is 9.88 Å². The quantitative estimate of drug-likeness (QED) is 0.764. The number of ether oxygens (including phenoxy) is 2. The van der Waals surface area contributed by atoms with Crippen LogP contribution in [0.2, 0.25) is 0 Å². The molecule has 1 unspecified atom stereocenters. The molecule has 2 aromatic carbocycles. The average molecular weight is 337 g/mol. The lowest BCUT2D eigenvalue weighted by Gasteiger charge is -2.24. The number of aromatic nitrogens is 2. The third-order valence-corrected chi connectivity index (χ3v) is 4.13. The van der Waals surface area contributed by atoms with E-state index >= 15 is 0 Å². The maximum Gasteiger partial charge on any atom is 0.212 e. The molecule has 3 aromatic rings. The second-order valence-corrected chi connectivity index (χ2v) is 5.65. The minimum atomic E-state index is -0.326. The first-order valence-electron chi connectivity index (χ1n) is 8.09. The van der Waals surface area contributed by atoms with Crippen molar-refractivity contribution in [2.45, 2.75) is 13.1 Å². The van der Waals surface area contributed by atoms with Crippen molar-refractivity contribution in [2.75, 3.05) is 19.0 Å². The number of guanidine groups is 1. The van der Waals surface area contributed by atoms with Crippen LogP contribution in [0.4, 0.5) is 5.95 Å². The molecule has 7 heteroatoms. The summed E-state index contributed by atoms with van der Waals surface area (Å²) in [5.41, 5.74) is 8.79. The number of hydrogen-bond donors (Lipinski definition) is 2. The highest BCUT2D eigenvalue weighted by molar-refractivity contribution is 5.94. The fourth-order valence-corrected chi connectivity index (χ4v) is 3.06. The molecule has 0 saturated heterocycles. The molecule has 1 aromatic heterocycles. The normalized spacial score (nSPS) is 16.1. The summed E-state index contributed by atoms with van der Waals surface area (Å²) < 4.78 is 13.1. The summed E-state index contributed by atoms with van der Waals surface area (Å²) in [4.78, 5) is 9.18. The van der Waals surface area contributed by atoms with Gasteiger partial charge in [-0.15, -0.1) is 0 Å². The number of nitrogens with two attached hydrogens (primary N) is 1. The topological polar surface area (TPSA) is 86.7 Å². The van der Waals surface area contributed by atoms with Crippen LogP contribution in [0.25, 0.3) is 11.0 Å². The molecule has 1 aliphatic heterocycles. The molecule has 25 heavy (non-hydrogen) atoms. The first-order chi connectivity index (χ1) is 12.2. The number of anilines is 1. The number of methoxy groups -OCH3 is 1. The Hall–Kier alpha value is -3.22. The summed E-state index contributed by atoms with van der Waals surface area (Å²) in [5.74, 6) is 2.38. The molecule has 3 N–H and O–H groups in total. The molecule has 7 nitrogen and oxygen atoms in total. The Morgan fingerprint density at radius 2 is 2.04 bits per heavy atom. The molecular weight excluding hydrogens is 318 g/mol. The Kier molecular flexibility index (Phi) is 3.68. The highest BCUT2D eigenvalue weighted by Gasteiger charge is 2.25. The smallest absolute Gasteiger partial charge is 0.212 e. The van der Waals surface area contributed by atoms with Gasteiger partial charge in [0.05, 0.1) is 24.8 Å². The second kappa shape index (κ2) is 6.01. The van der Waals surface area contributed by atoms with E-state index in [1.165, 1.54) is 0 Å². The van der Waals surface area contributed by atoms with Crippen molar-refractivity contribution in [1.82, 2.24) is 9.55 Å². The zero-order chi connectivity index (χ0) is 17.4. The summed E-state index contributed by atoms with van der Waals surface area (Å²) >= 11 is 0. The zero-order valence-corrected chi connectivity index (χ0v) is 14.1. The van der Waals surface area contributed by atoms with Gasteiger partial charge in [0.25, 0.3) is 0 Å². The van der Waals surface area contributed by atoms with E-state index in [4.69, 9.17) is 15.2 Å². The highest BCUT2D eigenvalue weighted by atomic mass is 16.5. The number of rotatable bonds is 4. The fraction of sp³-hybridized carbons (Fsp3) is 0.222. The lowest BCUT2D eigenvalue weighted by molar-refractivity contribution is 0.310. The summed E-state index contributed by atoms with van der Waals surface area (Å²) in [7, 11) is 1.62. The zero-order valence-electron chi connectivity index (χ0n) is 14.1. The molecule has 4 rings (SSSR count). The number of fused-ring (bicyclic) bond motifs is 3. The van der Waals surface area contributed by atoms with Crippen LogP contribution < -0.4 is 20.5 Å². The van der Waals surface area contributed by atoms with Crippen LogP contribution in [0, 0.1) is 0 Å². The van der Waals surface area contributed by atoms with Crippen molar-refractivity contribution in [3.63, 3.8) is 0 Å². The summed E-state index contributed by atoms with van der Waals surface area (Å²) in [6.07, 6.45) is -0.326. The highest BCUT2D eigenvalue weighted by Crippen LogP contribution is 2.36. The summed E-state index contributed by atoms with van der Waals surface area (Å²) in [5, 5.41) is 3.03. The molecule has 0 spiro atoms. The van der Waals surface area contributed by atoms with Crippen LogP contribution in [0.5, 0.6) is 11.5 Å². The first-order valence-corrected chi connectivity index (χ1v) is 8.09. The largest absolute Gasteiger partial charge is 0.493 e. The van der Waals surface area contributed by atoms with E-state index in [2.05, 4.69) is 15.3 Å². The van der Waals surface area contributed by atoms with E-state index in [1.54, 1.807) is 7.11 Å². The van der Waals surface area contributed by atoms with Gasteiger partial charge in [-0.25, -0.2) is 9.98 Å². The van der Waals surface area contributed by atoms with Gasteiger partial charge in [-0.1, -0.05) is 18.2 Å². The molecule has 0 radical (unpaired) electrons. The van der Waals surface area contributed by atoms with E-state index < -0.39 is 0 Å². The van der Waals surface area contributed by atoms with Crippen LogP contribution in [-0.4, -0.2) is 29.2 Å². The number of imidazole rings is 1. The Morgan fingerprint density at radius 1 is 1.20 bits per heavy atom. The predicted molar refractivity (Wildman–Crippen MR) is 97.3 cm³/mol. The van der Waals surface area contributed by atoms with E-state index in [-0.39, 0.29) is 6.17 Å². The van der Waals surface area contributed by atoms with Gasteiger partial charge in [0, 0.05) is 5.56 Å². The van der Waals surface area contributed by atoms with Crippen LogP contribution in [0.3, 0.4) is 0 Å². The Morgan fingerprint density at radius 3 is 2.84 bits per heavy atom. The van der Waals surface area contributed by atoms with Gasteiger partial charge < -0.3 is 15.2 Å². The summed E-state index contributed by atoms with van der Waals surface area (Å²) in [6, 6.07) is 13.7. The average Bonchev–Trinajstić information content (AvgIpc) is 2.99. The van der Waals surface area contributed by atoms with Crippen molar-refractivity contribution in [3.8, 4) is 11.5 Å². The number of nitrogens with one attached hydrogen (secondary N) is 1. The standard InChI is InChI=1S/C18H19N5O2/c1-3-25-14-9-8-11(10-15(14)24-2)16-21-17(19)22-18-20-12-6-4-5-7-13(12)23(16)18/h4-10,16H,3H2,1-2H3,(H3,19,20,21,22). The van der Waals surface area contributed by atoms with Gasteiger partial charge in [0.2, 0.25) is 5.95 Å². The predicted octanol–water partition coefficient (Wildman–Crippen LogP) is 2.73. The van der Waals surface area contributed by atoms with E-state index in [0.717, 1.165) is 16.6 Å². The fourth-order valence-electron chi connectivity index (χ4n) is 3.06. The molecule has 0 saturated carbocycles. The molecule has 128 valence electrons. The van der Waals surface area contributed by atoms with Gasteiger partial charge in [0.1, 0.15) is 0 Å². The molecule has 0 amide bonds. The van der Waals surface area contributed by atoms with E-state index in [1.807, 2.05) is 54.0 Å². The molecule has 2 heterocycles. The van der Waals surface area contributed by atoms with Crippen molar-refractivity contribution in [1.29, 1.82) is 0 Å². The Labute approximate surface area is 145 Å². The van der Waals surface area contributed by atoms with E-state index in [0.29, 0.717) is 30.0 Å². The van der Waals surface area contributed by atoms with Gasteiger partial charge in [0.15, 0.2) is 23.6 Å². The molecule has 1 aliphatic rings. The number of hydrogen-bond acceptors (Lipinski definition) is 6. The Bertz CT molecular complexity index is 963. The minimum absolute atomic E-state index is 0.326. The molecule has 1 atom stereocenters. The number of para-hydroxylation sites is 2. The number of nitrogens with zero attached hydrogens (tertiary/aromatic N) is 3. The van der Waals surface area contributed by atoms with E-state index in [9.17, 15) is 0 Å². The van der Waals surface area contributed by atoms with Crippen molar-refractivity contribution < 1.29 is 9.47 Å². The Balaban J connectivity index is 1.86. The minimum Gasteiger partial charge on any atom is -0.493 e. The summed E-state index contributed by atoms with van der Waals surface area (Å²) in [6.45, 7) is 2.51. The maximum absolute atomic E-state index is 5.98. The van der Waals surface area contributed by atoms with Crippen LogP contribution in [0.15, 0.2) is 47.5 Å². The molecule has 0 aliphatic carbocycles. The van der Waals surface area contributed by atoms with Crippen LogP contribution >= 0.6 is 0 Å². The third-order valence-electron chi connectivity index (χ3n) is 4.13. The number of aliphatic imine (C=N–C) groups is 1. The lowest BCUT2D eigenvalue weighted by atomic mass is 10.1. The molecule has 0 bridgehead atoms. The monoisotopic (exact) mass is 337 g/mol. The molecule has 0 fully saturated rings. The number of benzene rings is 2. The molecular formula is C18H19N5O2. The van der Waals surface area contributed by atoms with Crippen molar-refractivity contribution in [2.24, 2.45) is 10.7 Å². The lowest BCUT2D eigenvalue weighted by Crippen LogP contribution is -2.31. The van der Waals surface area contributed by atoms with Crippen molar-refractivity contribution in [3.05, 3.63) is 48.0 Å². The van der Waals surface area contributed by atoms with Gasteiger partial charge in [-0.2, -0.15) is 0 Å². The SMILES string of the molecule is CCOc1ccc(C2N=C(N)Nc3nc4ccccc4n32)cc1OC. The van der Waals surface area contributed by atoms with Gasteiger partial charge >= 0.3 is 0 Å². The van der Waals surface area contributed by atoms with Crippen LogP contribution in [0.1, 0.15) is 18.7 Å². The first kappa shape index (κ1) is 15.3. The van der Waals surface area contributed by atoms with Crippen LogP contribution in [-0.2, 0) is 0 Å². The van der Waals surface area contributed by atoms with Crippen molar-refractivity contribution >= 4 is 22.9 Å². The maximum atomic E-state index is 5.98.